The highest BCUT2D eigenvalue weighted by Gasteiger charge is 2.58. The molecule has 0 aromatic heterocycles. The van der Waals surface area contributed by atoms with Crippen molar-refractivity contribution in [3.8, 4) is 29.7 Å². The summed E-state index contributed by atoms with van der Waals surface area (Å²) in [5.74, 6) is -0.677. The summed E-state index contributed by atoms with van der Waals surface area (Å²) in [5, 5.41) is 38.7. The first-order valence-corrected chi connectivity index (χ1v) is 9.46. The summed E-state index contributed by atoms with van der Waals surface area (Å²) in [6.45, 7) is 4.14. The van der Waals surface area contributed by atoms with Crippen LogP contribution in [0.25, 0.3) is 0 Å². The summed E-state index contributed by atoms with van der Waals surface area (Å²) in [5.41, 5.74) is -0.464. The van der Waals surface area contributed by atoms with Crippen molar-refractivity contribution in [3.05, 3.63) is 35.4 Å². The Bertz CT molecular complexity index is 964. The van der Waals surface area contributed by atoms with E-state index in [2.05, 4.69) is 30.0 Å². The van der Waals surface area contributed by atoms with Gasteiger partial charge in [0, 0.05) is 30.5 Å². The lowest BCUT2D eigenvalue weighted by Crippen LogP contribution is -2.52. The molecule has 1 heterocycles. The normalized spacial score (nSPS) is 25.6. The monoisotopic (exact) mass is 389 g/mol. The molecule has 1 aliphatic heterocycles. The molecule has 1 aromatic rings. The lowest BCUT2D eigenvalue weighted by Gasteiger charge is -2.47. The van der Waals surface area contributed by atoms with E-state index in [9.17, 15) is 15.8 Å². The molecule has 0 amide bonds. The van der Waals surface area contributed by atoms with Gasteiger partial charge >= 0.3 is 0 Å². The van der Waals surface area contributed by atoms with Crippen LogP contribution in [0, 0.1) is 56.7 Å². The highest BCUT2D eigenvalue weighted by atomic mass is 16.5. The molecule has 148 valence electrons. The molecule has 0 saturated heterocycles. The maximum atomic E-state index is 10.1. The number of nitrogens with one attached hydrogen (secondary N) is 1. The number of fused-ring (bicyclic) bond motifs is 1. The van der Waals surface area contributed by atoms with Crippen molar-refractivity contribution in [2.75, 3.05) is 33.9 Å². The molecule has 1 N–H and O–H groups in total. The number of nitrogens with zero attached hydrogens (tertiary/aromatic N) is 4. The van der Waals surface area contributed by atoms with Crippen LogP contribution in [-0.2, 0) is 0 Å². The van der Waals surface area contributed by atoms with Crippen LogP contribution in [0.15, 0.2) is 29.8 Å². The van der Waals surface area contributed by atoms with Gasteiger partial charge in [0.2, 0.25) is 0 Å². The van der Waals surface area contributed by atoms with Gasteiger partial charge in [0.25, 0.3) is 0 Å². The van der Waals surface area contributed by atoms with Gasteiger partial charge in [-0.25, -0.2) is 0 Å². The molecule has 3 rings (SSSR count). The lowest BCUT2D eigenvalue weighted by atomic mass is 9.54. The van der Waals surface area contributed by atoms with Crippen molar-refractivity contribution in [2.45, 2.75) is 12.8 Å². The van der Waals surface area contributed by atoms with E-state index in [-0.39, 0.29) is 11.6 Å². The highest BCUT2D eigenvalue weighted by Crippen LogP contribution is 2.55. The van der Waals surface area contributed by atoms with Gasteiger partial charge in [-0.15, -0.1) is 0 Å². The summed E-state index contributed by atoms with van der Waals surface area (Å²) in [6, 6.07) is 11.6. The molecule has 7 heteroatoms. The van der Waals surface area contributed by atoms with E-state index < -0.39 is 17.3 Å². The smallest absolute Gasteiger partial charge is 0.189 e. The molecule has 1 aliphatic carbocycles. The zero-order valence-corrected chi connectivity index (χ0v) is 16.8. The van der Waals surface area contributed by atoms with Crippen molar-refractivity contribution >= 4 is 5.71 Å². The molecule has 7 nitrogen and oxygen atoms in total. The predicted octanol–water partition coefficient (Wildman–Crippen LogP) is 2.87. The number of hydrogen-bond donors (Lipinski definition) is 1. The third-order valence-corrected chi connectivity index (χ3v) is 6.08. The van der Waals surface area contributed by atoms with E-state index in [1.807, 2.05) is 6.08 Å². The SMILES string of the molecule is CCN1CC=C2C(C#N)C(=N)C(C#N)(C#N)[C@@H](c3cc(OC)ccc3OC)[C@H]2C1. The summed E-state index contributed by atoms with van der Waals surface area (Å²) in [4.78, 5) is 2.21. The van der Waals surface area contributed by atoms with Crippen molar-refractivity contribution in [1.29, 1.82) is 21.2 Å². The molecule has 1 saturated carbocycles. The highest BCUT2D eigenvalue weighted by molar-refractivity contribution is 6.01. The van der Waals surface area contributed by atoms with E-state index in [1.165, 1.54) is 7.11 Å². The second-order valence-electron chi connectivity index (χ2n) is 7.26. The van der Waals surface area contributed by atoms with Gasteiger partial charge in [0.05, 0.1) is 38.1 Å². The number of benzene rings is 1. The van der Waals surface area contributed by atoms with Crippen molar-refractivity contribution < 1.29 is 9.47 Å². The van der Waals surface area contributed by atoms with E-state index in [0.29, 0.717) is 30.2 Å². The van der Waals surface area contributed by atoms with Crippen molar-refractivity contribution in [1.82, 2.24) is 4.90 Å². The molecule has 0 spiro atoms. The fourth-order valence-corrected chi connectivity index (χ4v) is 4.55. The minimum Gasteiger partial charge on any atom is -0.497 e. The van der Waals surface area contributed by atoms with E-state index in [4.69, 9.17) is 14.9 Å². The van der Waals surface area contributed by atoms with Gasteiger partial charge in [0.1, 0.15) is 17.4 Å². The second kappa shape index (κ2) is 7.95. The van der Waals surface area contributed by atoms with Gasteiger partial charge in [-0.1, -0.05) is 13.0 Å². The van der Waals surface area contributed by atoms with Crippen LogP contribution in [0.1, 0.15) is 18.4 Å². The van der Waals surface area contributed by atoms with Gasteiger partial charge in [-0.3, -0.25) is 4.90 Å². The Kier molecular flexibility index (Phi) is 5.59. The Labute approximate surface area is 170 Å². The Hall–Kier alpha value is -3.34. The van der Waals surface area contributed by atoms with Crippen LogP contribution in [0.4, 0.5) is 0 Å². The summed E-state index contributed by atoms with van der Waals surface area (Å²) < 4.78 is 10.9. The first-order chi connectivity index (χ1) is 14.0. The van der Waals surface area contributed by atoms with Crippen LogP contribution in [0.5, 0.6) is 11.5 Å². The summed E-state index contributed by atoms with van der Waals surface area (Å²) in [7, 11) is 3.08. The third kappa shape index (κ3) is 3.03. The maximum Gasteiger partial charge on any atom is 0.189 e. The average Bonchev–Trinajstić information content (AvgIpc) is 2.77. The fourth-order valence-electron chi connectivity index (χ4n) is 4.55. The number of hydrogen-bond acceptors (Lipinski definition) is 7. The zero-order chi connectivity index (χ0) is 21.2. The van der Waals surface area contributed by atoms with Gasteiger partial charge < -0.3 is 14.9 Å². The standard InChI is InChI=1S/C22H23N5O2/c1-4-27-8-7-15-17(10-23)21(26)22(12-24,13-25)20(18(15)11-27)16-9-14(28-2)5-6-19(16)29-3/h5-7,9,17-18,20,26H,4,8,11H2,1-3H3/t17?,18-,20-/m0/s1. The minimum atomic E-state index is -1.77. The number of nitriles is 3. The summed E-state index contributed by atoms with van der Waals surface area (Å²) in [6.07, 6.45) is 1.98. The number of ether oxygens (including phenoxy) is 2. The molecular formula is C22H23N5O2. The van der Waals surface area contributed by atoms with Crippen LogP contribution >= 0.6 is 0 Å². The van der Waals surface area contributed by atoms with E-state index >= 15 is 0 Å². The van der Waals surface area contributed by atoms with Crippen molar-refractivity contribution in [3.63, 3.8) is 0 Å². The lowest BCUT2D eigenvalue weighted by molar-refractivity contribution is 0.209. The molecule has 3 atom stereocenters. The topological polar surface area (TPSA) is 117 Å². The Morgan fingerprint density at radius 1 is 1.21 bits per heavy atom. The first-order valence-electron chi connectivity index (χ1n) is 9.46. The Balaban J connectivity index is 2.32. The molecular weight excluding hydrogens is 366 g/mol. The van der Waals surface area contributed by atoms with Crippen LogP contribution < -0.4 is 9.47 Å². The van der Waals surface area contributed by atoms with E-state index in [1.54, 1.807) is 25.3 Å². The number of methoxy groups -OCH3 is 2. The quantitative estimate of drug-likeness (QED) is 0.791. The van der Waals surface area contributed by atoms with Gasteiger partial charge in [-0.05, 0) is 30.3 Å². The van der Waals surface area contributed by atoms with Crippen LogP contribution in [0.3, 0.4) is 0 Å². The fraction of sp³-hybridized carbons (Fsp3) is 0.455. The molecule has 1 fully saturated rings. The molecule has 0 radical (unpaired) electrons. The first kappa shape index (κ1) is 20.4. The second-order valence-corrected chi connectivity index (χ2v) is 7.26. The molecule has 2 aliphatic rings. The number of rotatable bonds is 4. The van der Waals surface area contributed by atoms with Gasteiger partial charge in [-0.2, -0.15) is 15.8 Å². The van der Waals surface area contributed by atoms with Crippen molar-refractivity contribution in [2.24, 2.45) is 17.3 Å². The Morgan fingerprint density at radius 3 is 2.48 bits per heavy atom. The molecule has 1 unspecified atom stereocenters. The Morgan fingerprint density at radius 2 is 1.93 bits per heavy atom. The minimum absolute atomic E-state index is 0.160. The summed E-state index contributed by atoms with van der Waals surface area (Å²) >= 11 is 0. The number of likely N-dealkylation sites (N-methyl/N-ethyl adjacent to an activating group) is 1. The molecule has 29 heavy (non-hydrogen) atoms. The molecule has 0 bridgehead atoms. The van der Waals surface area contributed by atoms with E-state index in [0.717, 1.165) is 12.1 Å². The van der Waals surface area contributed by atoms with Gasteiger partial charge in [0.15, 0.2) is 5.41 Å². The van der Waals surface area contributed by atoms with Crippen LogP contribution in [0.2, 0.25) is 0 Å². The predicted molar refractivity (Wildman–Crippen MR) is 106 cm³/mol. The largest absolute Gasteiger partial charge is 0.497 e. The average molecular weight is 389 g/mol. The molecule has 1 aromatic carbocycles. The zero-order valence-electron chi connectivity index (χ0n) is 16.8. The maximum absolute atomic E-state index is 10.1. The third-order valence-electron chi connectivity index (χ3n) is 6.08. The van der Waals surface area contributed by atoms with Crippen LogP contribution in [-0.4, -0.2) is 44.5 Å².